The summed E-state index contributed by atoms with van der Waals surface area (Å²) in [6.07, 6.45) is 1.65. The van der Waals surface area contributed by atoms with Gasteiger partial charge in [0.15, 0.2) is 0 Å². The lowest BCUT2D eigenvalue weighted by molar-refractivity contribution is 0.0933. The summed E-state index contributed by atoms with van der Waals surface area (Å²) >= 11 is 0. The zero-order valence-corrected chi connectivity index (χ0v) is 16.9. The monoisotopic (exact) mass is 401 g/mol. The number of amides is 1. The third kappa shape index (κ3) is 4.86. The zero-order chi connectivity index (χ0) is 20.8. The van der Waals surface area contributed by atoms with Crippen LogP contribution in [0.25, 0.3) is 11.3 Å². The molecule has 30 heavy (non-hydrogen) atoms. The number of carbonyl (C=O) groups is 1. The average molecular weight is 402 g/mol. The highest BCUT2D eigenvalue weighted by Crippen LogP contribution is 2.23. The van der Waals surface area contributed by atoms with Crippen molar-refractivity contribution in [3.63, 3.8) is 0 Å². The SMILES string of the molecule is O=C(O)N(Cc1ccccc1)[C@H]1CCCN[C@H]1Cc1cccc(-c2ccccc2)n1. The van der Waals surface area contributed by atoms with Gasteiger partial charge in [-0.15, -0.1) is 0 Å². The van der Waals surface area contributed by atoms with Crippen LogP contribution in [-0.4, -0.2) is 39.7 Å². The minimum atomic E-state index is -0.872. The van der Waals surface area contributed by atoms with Crippen LogP contribution in [0.15, 0.2) is 78.9 Å². The molecule has 0 aliphatic carbocycles. The van der Waals surface area contributed by atoms with Crippen molar-refractivity contribution in [1.82, 2.24) is 15.2 Å². The Hall–Kier alpha value is -3.18. The molecule has 2 N–H and O–H groups in total. The van der Waals surface area contributed by atoms with Crippen LogP contribution < -0.4 is 5.32 Å². The number of benzene rings is 2. The van der Waals surface area contributed by atoms with Crippen molar-refractivity contribution in [2.24, 2.45) is 0 Å². The summed E-state index contributed by atoms with van der Waals surface area (Å²) in [5, 5.41) is 13.5. The lowest BCUT2D eigenvalue weighted by atomic mass is 9.92. The van der Waals surface area contributed by atoms with E-state index in [0.29, 0.717) is 13.0 Å². The molecule has 1 fully saturated rings. The van der Waals surface area contributed by atoms with E-state index in [2.05, 4.69) is 17.4 Å². The summed E-state index contributed by atoms with van der Waals surface area (Å²) < 4.78 is 0. The second-order valence-electron chi connectivity index (χ2n) is 7.75. The first-order valence-electron chi connectivity index (χ1n) is 10.5. The highest BCUT2D eigenvalue weighted by atomic mass is 16.4. The maximum atomic E-state index is 12.1. The summed E-state index contributed by atoms with van der Waals surface area (Å²) in [4.78, 5) is 18.6. The number of pyridine rings is 1. The second kappa shape index (κ2) is 9.55. The van der Waals surface area contributed by atoms with Gasteiger partial charge in [-0.25, -0.2) is 4.79 Å². The molecule has 0 saturated carbocycles. The summed E-state index contributed by atoms with van der Waals surface area (Å²) in [5.74, 6) is 0. The number of nitrogens with one attached hydrogen (secondary N) is 1. The van der Waals surface area contributed by atoms with Crippen LogP contribution in [0.5, 0.6) is 0 Å². The fourth-order valence-electron chi connectivity index (χ4n) is 4.21. The summed E-state index contributed by atoms with van der Waals surface area (Å²) in [6.45, 7) is 1.30. The Morgan fingerprint density at radius 1 is 1.00 bits per heavy atom. The molecule has 0 spiro atoms. The Kier molecular flexibility index (Phi) is 6.40. The molecule has 1 aromatic heterocycles. The molecule has 3 aromatic rings. The number of hydrogen-bond donors (Lipinski definition) is 2. The number of carboxylic acid groups (broad SMARTS) is 1. The number of piperidine rings is 1. The quantitative estimate of drug-likeness (QED) is 0.634. The van der Waals surface area contributed by atoms with Gasteiger partial charge in [0.1, 0.15) is 0 Å². The van der Waals surface area contributed by atoms with E-state index in [1.165, 1.54) is 0 Å². The largest absolute Gasteiger partial charge is 0.465 e. The van der Waals surface area contributed by atoms with E-state index in [1.54, 1.807) is 4.90 Å². The summed E-state index contributed by atoms with van der Waals surface area (Å²) in [6, 6.07) is 26.0. The maximum Gasteiger partial charge on any atom is 0.407 e. The van der Waals surface area contributed by atoms with Crippen molar-refractivity contribution in [3.8, 4) is 11.3 Å². The van der Waals surface area contributed by atoms with Crippen molar-refractivity contribution in [2.45, 2.75) is 37.9 Å². The molecule has 2 heterocycles. The topological polar surface area (TPSA) is 65.5 Å². The van der Waals surface area contributed by atoms with Crippen molar-refractivity contribution >= 4 is 6.09 Å². The number of aromatic nitrogens is 1. The Balaban J connectivity index is 1.54. The Morgan fingerprint density at radius 3 is 2.47 bits per heavy atom. The molecule has 0 unspecified atom stereocenters. The normalized spacial score (nSPS) is 18.7. The minimum Gasteiger partial charge on any atom is -0.465 e. The molecule has 0 radical (unpaired) electrons. The number of nitrogens with zero attached hydrogens (tertiary/aromatic N) is 2. The van der Waals surface area contributed by atoms with Crippen molar-refractivity contribution in [2.75, 3.05) is 6.54 Å². The third-order valence-electron chi connectivity index (χ3n) is 5.69. The molecule has 2 aromatic carbocycles. The van der Waals surface area contributed by atoms with Gasteiger partial charge in [-0.05, 0) is 37.1 Å². The third-order valence-corrected chi connectivity index (χ3v) is 5.69. The van der Waals surface area contributed by atoms with E-state index in [9.17, 15) is 9.90 Å². The van der Waals surface area contributed by atoms with Crippen molar-refractivity contribution in [3.05, 3.63) is 90.1 Å². The van der Waals surface area contributed by atoms with Gasteiger partial charge in [0.2, 0.25) is 0 Å². The molecule has 4 rings (SSSR count). The van der Waals surface area contributed by atoms with Gasteiger partial charge in [-0.3, -0.25) is 9.88 Å². The van der Waals surface area contributed by atoms with E-state index in [-0.39, 0.29) is 12.1 Å². The first kappa shape index (κ1) is 20.1. The van der Waals surface area contributed by atoms with E-state index in [4.69, 9.17) is 4.98 Å². The molecule has 1 aliphatic rings. The minimum absolute atomic E-state index is 0.0390. The van der Waals surface area contributed by atoms with Gasteiger partial charge in [0.05, 0.1) is 11.7 Å². The lowest BCUT2D eigenvalue weighted by Crippen LogP contribution is -2.55. The molecule has 1 saturated heterocycles. The Labute approximate surface area is 177 Å². The van der Waals surface area contributed by atoms with E-state index in [1.807, 2.05) is 66.7 Å². The van der Waals surface area contributed by atoms with Gasteiger partial charge < -0.3 is 10.4 Å². The van der Waals surface area contributed by atoms with Gasteiger partial charge in [-0.2, -0.15) is 0 Å². The molecule has 5 heteroatoms. The predicted octanol–water partition coefficient (Wildman–Crippen LogP) is 4.59. The molecule has 1 amide bonds. The second-order valence-corrected chi connectivity index (χ2v) is 7.75. The van der Waals surface area contributed by atoms with Crippen LogP contribution in [0, 0.1) is 0 Å². The Bertz CT molecular complexity index is 962. The first-order chi connectivity index (χ1) is 14.7. The van der Waals surface area contributed by atoms with Gasteiger partial charge >= 0.3 is 6.09 Å². The fourth-order valence-corrected chi connectivity index (χ4v) is 4.21. The average Bonchev–Trinajstić information content (AvgIpc) is 2.79. The number of hydrogen-bond acceptors (Lipinski definition) is 3. The van der Waals surface area contributed by atoms with Crippen LogP contribution in [-0.2, 0) is 13.0 Å². The molecular weight excluding hydrogens is 374 g/mol. The zero-order valence-electron chi connectivity index (χ0n) is 16.9. The first-order valence-corrected chi connectivity index (χ1v) is 10.5. The molecule has 2 atom stereocenters. The lowest BCUT2D eigenvalue weighted by Gasteiger charge is -2.39. The summed E-state index contributed by atoms with van der Waals surface area (Å²) in [7, 11) is 0. The molecule has 5 nitrogen and oxygen atoms in total. The maximum absolute atomic E-state index is 12.1. The van der Waals surface area contributed by atoms with E-state index < -0.39 is 6.09 Å². The van der Waals surface area contributed by atoms with Crippen molar-refractivity contribution < 1.29 is 9.90 Å². The van der Waals surface area contributed by atoms with Crippen LogP contribution in [0.4, 0.5) is 4.79 Å². The molecule has 0 bridgehead atoms. The van der Waals surface area contributed by atoms with Gasteiger partial charge in [-0.1, -0.05) is 66.7 Å². The van der Waals surface area contributed by atoms with Crippen LogP contribution >= 0.6 is 0 Å². The molecule has 154 valence electrons. The predicted molar refractivity (Wildman–Crippen MR) is 118 cm³/mol. The van der Waals surface area contributed by atoms with Gasteiger partial charge in [0, 0.05) is 30.3 Å². The van der Waals surface area contributed by atoms with Crippen LogP contribution in [0.2, 0.25) is 0 Å². The highest BCUT2D eigenvalue weighted by Gasteiger charge is 2.33. The fraction of sp³-hybridized carbons (Fsp3) is 0.280. The van der Waals surface area contributed by atoms with Crippen molar-refractivity contribution in [1.29, 1.82) is 0 Å². The smallest absolute Gasteiger partial charge is 0.407 e. The summed E-state index contributed by atoms with van der Waals surface area (Å²) in [5.41, 5.74) is 4.02. The van der Waals surface area contributed by atoms with Gasteiger partial charge in [0.25, 0.3) is 0 Å². The highest BCUT2D eigenvalue weighted by molar-refractivity contribution is 5.65. The molecular formula is C25H27N3O2. The van der Waals surface area contributed by atoms with Crippen LogP contribution in [0.3, 0.4) is 0 Å². The molecule has 1 aliphatic heterocycles. The Morgan fingerprint density at radius 2 is 1.73 bits per heavy atom. The van der Waals surface area contributed by atoms with Crippen LogP contribution in [0.1, 0.15) is 24.1 Å². The number of rotatable bonds is 6. The standard InChI is InChI=1S/C25H27N3O2/c29-25(30)28(18-19-9-3-1-4-10-19)24-15-8-16-26-23(24)17-21-13-7-14-22(27-21)20-11-5-2-6-12-20/h1-7,9-14,23-24,26H,8,15-18H2,(H,29,30)/t23-,24-/m0/s1. The van der Waals surface area contributed by atoms with E-state index >= 15 is 0 Å². The van der Waals surface area contributed by atoms with E-state index in [0.717, 1.165) is 41.9 Å².